The molecule has 0 spiro atoms. The molecule has 0 heteroatoms. The SMILES string of the molecule is CC=CCC1C=CC=CC1. The van der Waals surface area contributed by atoms with Crippen LogP contribution in [0.3, 0.4) is 0 Å². The molecule has 0 bridgehead atoms. The van der Waals surface area contributed by atoms with Gasteiger partial charge in [0, 0.05) is 0 Å². The zero-order valence-electron chi connectivity index (χ0n) is 6.46. The maximum Gasteiger partial charge on any atom is -0.0161 e. The standard InChI is InChI=1S/C10H14/c1-2-3-7-10-8-5-4-6-9-10/h2-6,8,10H,7,9H2,1H3. The molecule has 10 heavy (non-hydrogen) atoms. The van der Waals surface area contributed by atoms with Crippen molar-refractivity contribution in [3.8, 4) is 0 Å². The van der Waals surface area contributed by atoms with Crippen LogP contribution in [-0.4, -0.2) is 0 Å². The molecular weight excluding hydrogens is 120 g/mol. The van der Waals surface area contributed by atoms with Crippen LogP contribution in [0.4, 0.5) is 0 Å². The molecule has 54 valence electrons. The van der Waals surface area contributed by atoms with Crippen LogP contribution in [-0.2, 0) is 0 Å². The molecule has 0 saturated carbocycles. The quantitative estimate of drug-likeness (QED) is 0.509. The van der Waals surface area contributed by atoms with Gasteiger partial charge in [0.05, 0.1) is 0 Å². The monoisotopic (exact) mass is 134 g/mol. The van der Waals surface area contributed by atoms with Crippen LogP contribution in [0.25, 0.3) is 0 Å². The first-order chi connectivity index (χ1) is 4.93. The largest absolute Gasteiger partial charge is 0.0916 e. The maximum absolute atomic E-state index is 2.28. The summed E-state index contributed by atoms with van der Waals surface area (Å²) >= 11 is 0. The Hall–Kier alpha value is -0.780. The summed E-state index contributed by atoms with van der Waals surface area (Å²) in [6, 6.07) is 0. The van der Waals surface area contributed by atoms with Crippen molar-refractivity contribution in [2.75, 3.05) is 0 Å². The highest BCUT2D eigenvalue weighted by molar-refractivity contribution is 5.11. The van der Waals surface area contributed by atoms with Gasteiger partial charge in [-0.05, 0) is 25.7 Å². The second-order valence-corrected chi connectivity index (χ2v) is 2.61. The average molecular weight is 134 g/mol. The fraction of sp³-hybridized carbons (Fsp3) is 0.400. The van der Waals surface area contributed by atoms with Gasteiger partial charge in [-0.25, -0.2) is 0 Å². The van der Waals surface area contributed by atoms with Crippen LogP contribution in [0, 0.1) is 5.92 Å². The highest BCUT2D eigenvalue weighted by atomic mass is 14.1. The average Bonchev–Trinajstić information content (AvgIpc) is 2.03. The molecule has 1 unspecified atom stereocenters. The van der Waals surface area contributed by atoms with Crippen molar-refractivity contribution in [3.05, 3.63) is 36.5 Å². The van der Waals surface area contributed by atoms with Crippen molar-refractivity contribution >= 4 is 0 Å². The van der Waals surface area contributed by atoms with E-state index in [0.29, 0.717) is 0 Å². The Morgan fingerprint density at radius 1 is 1.50 bits per heavy atom. The third-order valence-electron chi connectivity index (χ3n) is 1.74. The number of allylic oxidation sites excluding steroid dienone is 6. The van der Waals surface area contributed by atoms with Crippen LogP contribution in [0.2, 0.25) is 0 Å². The zero-order chi connectivity index (χ0) is 7.23. The molecule has 0 aromatic rings. The second kappa shape index (κ2) is 4.10. The molecule has 1 aliphatic carbocycles. The molecule has 0 amide bonds. The summed E-state index contributed by atoms with van der Waals surface area (Å²) in [4.78, 5) is 0. The summed E-state index contributed by atoms with van der Waals surface area (Å²) in [6.07, 6.45) is 15.5. The number of hydrogen-bond donors (Lipinski definition) is 0. The van der Waals surface area contributed by atoms with Crippen LogP contribution < -0.4 is 0 Å². The van der Waals surface area contributed by atoms with Crippen molar-refractivity contribution in [1.82, 2.24) is 0 Å². The molecule has 0 radical (unpaired) electrons. The fourth-order valence-electron chi connectivity index (χ4n) is 1.12. The topological polar surface area (TPSA) is 0 Å². The Bertz CT molecular complexity index is 161. The molecular formula is C10H14. The van der Waals surface area contributed by atoms with Gasteiger partial charge in [0.25, 0.3) is 0 Å². The van der Waals surface area contributed by atoms with E-state index in [2.05, 4.69) is 43.4 Å². The van der Waals surface area contributed by atoms with Gasteiger partial charge >= 0.3 is 0 Å². The number of hydrogen-bond acceptors (Lipinski definition) is 0. The minimum atomic E-state index is 0.751. The fourth-order valence-corrected chi connectivity index (χ4v) is 1.12. The lowest BCUT2D eigenvalue weighted by molar-refractivity contribution is 0.668. The van der Waals surface area contributed by atoms with Gasteiger partial charge in [0.1, 0.15) is 0 Å². The molecule has 0 aliphatic heterocycles. The predicted molar refractivity (Wildman–Crippen MR) is 45.8 cm³/mol. The van der Waals surface area contributed by atoms with E-state index < -0.39 is 0 Å². The van der Waals surface area contributed by atoms with Gasteiger partial charge in [-0.15, -0.1) is 0 Å². The van der Waals surface area contributed by atoms with E-state index >= 15 is 0 Å². The Labute approximate surface area is 62.9 Å². The van der Waals surface area contributed by atoms with E-state index in [9.17, 15) is 0 Å². The molecule has 1 rings (SSSR count). The van der Waals surface area contributed by atoms with E-state index in [1.807, 2.05) is 0 Å². The predicted octanol–water partition coefficient (Wildman–Crippen LogP) is 3.08. The molecule has 1 aliphatic rings. The van der Waals surface area contributed by atoms with E-state index in [1.54, 1.807) is 0 Å². The lowest BCUT2D eigenvalue weighted by Gasteiger charge is -2.08. The summed E-state index contributed by atoms with van der Waals surface area (Å²) < 4.78 is 0. The highest BCUT2D eigenvalue weighted by Crippen LogP contribution is 2.15. The minimum absolute atomic E-state index is 0.751. The van der Waals surface area contributed by atoms with Crippen LogP contribution in [0.15, 0.2) is 36.5 Å². The minimum Gasteiger partial charge on any atom is -0.0916 e. The van der Waals surface area contributed by atoms with Crippen molar-refractivity contribution in [2.24, 2.45) is 5.92 Å². The summed E-state index contributed by atoms with van der Waals surface area (Å²) in [5.74, 6) is 0.751. The first kappa shape index (κ1) is 7.33. The van der Waals surface area contributed by atoms with Gasteiger partial charge in [-0.3, -0.25) is 0 Å². The Morgan fingerprint density at radius 3 is 3.00 bits per heavy atom. The van der Waals surface area contributed by atoms with E-state index in [-0.39, 0.29) is 0 Å². The van der Waals surface area contributed by atoms with Gasteiger partial charge in [-0.1, -0.05) is 36.5 Å². The van der Waals surface area contributed by atoms with Gasteiger partial charge < -0.3 is 0 Å². The molecule has 0 N–H and O–H groups in total. The van der Waals surface area contributed by atoms with Crippen molar-refractivity contribution in [1.29, 1.82) is 0 Å². The first-order valence-corrected chi connectivity index (χ1v) is 3.88. The van der Waals surface area contributed by atoms with E-state index in [0.717, 1.165) is 5.92 Å². The van der Waals surface area contributed by atoms with Crippen LogP contribution >= 0.6 is 0 Å². The first-order valence-electron chi connectivity index (χ1n) is 3.88. The summed E-state index contributed by atoms with van der Waals surface area (Å²) in [5.41, 5.74) is 0. The summed E-state index contributed by atoms with van der Waals surface area (Å²) in [5, 5.41) is 0. The second-order valence-electron chi connectivity index (χ2n) is 2.61. The third kappa shape index (κ3) is 2.22. The van der Waals surface area contributed by atoms with E-state index in [4.69, 9.17) is 0 Å². The molecule has 0 nitrogen and oxygen atoms in total. The van der Waals surface area contributed by atoms with Gasteiger partial charge in [-0.2, -0.15) is 0 Å². The molecule has 0 aromatic carbocycles. The van der Waals surface area contributed by atoms with Crippen molar-refractivity contribution < 1.29 is 0 Å². The molecule has 1 atom stereocenters. The third-order valence-corrected chi connectivity index (χ3v) is 1.74. The summed E-state index contributed by atoms with van der Waals surface area (Å²) in [6.45, 7) is 2.07. The Kier molecular flexibility index (Phi) is 3.01. The lowest BCUT2D eigenvalue weighted by atomic mass is 9.97. The van der Waals surface area contributed by atoms with Crippen molar-refractivity contribution in [2.45, 2.75) is 19.8 Å². The van der Waals surface area contributed by atoms with E-state index in [1.165, 1.54) is 12.8 Å². The lowest BCUT2D eigenvalue weighted by Crippen LogP contribution is -1.94. The van der Waals surface area contributed by atoms with Gasteiger partial charge in [0.15, 0.2) is 0 Å². The molecule has 0 fully saturated rings. The summed E-state index contributed by atoms with van der Waals surface area (Å²) in [7, 11) is 0. The smallest absolute Gasteiger partial charge is 0.0161 e. The van der Waals surface area contributed by atoms with Crippen molar-refractivity contribution in [3.63, 3.8) is 0 Å². The normalized spacial score (nSPS) is 24.3. The number of rotatable bonds is 2. The van der Waals surface area contributed by atoms with Crippen LogP contribution in [0.5, 0.6) is 0 Å². The maximum atomic E-state index is 2.28. The zero-order valence-corrected chi connectivity index (χ0v) is 6.46. The molecule has 0 aromatic heterocycles. The Morgan fingerprint density at radius 2 is 2.40 bits per heavy atom. The molecule has 0 heterocycles. The van der Waals surface area contributed by atoms with Gasteiger partial charge in [0.2, 0.25) is 0 Å². The van der Waals surface area contributed by atoms with Crippen LogP contribution in [0.1, 0.15) is 19.8 Å². The Balaban J connectivity index is 2.30. The molecule has 0 saturated heterocycles. The highest BCUT2D eigenvalue weighted by Gasteiger charge is 2.00.